The molecule has 9 heteroatoms. The molecule has 3 N–H and O–H groups in total. The van der Waals surface area contributed by atoms with Crippen LogP contribution in [0.5, 0.6) is 0 Å². The maximum Gasteiger partial charge on any atom is 0.276 e. The summed E-state index contributed by atoms with van der Waals surface area (Å²) in [5.74, 6) is -0.685. The van der Waals surface area contributed by atoms with Crippen molar-refractivity contribution in [2.24, 2.45) is 5.73 Å². The zero-order chi connectivity index (χ0) is 16.5. The van der Waals surface area contributed by atoms with Gasteiger partial charge < -0.3 is 5.73 Å². The van der Waals surface area contributed by atoms with Gasteiger partial charge in [-0.3, -0.25) is 4.79 Å². The fourth-order valence-corrected chi connectivity index (χ4v) is 4.97. The third-order valence-electron chi connectivity index (χ3n) is 3.13. The van der Waals surface area contributed by atoms with E-state index in [0.29, 0.717) is 11.0 Å². The maximum atomic E-state index is 12.2. The van der Waals surface area contributed by atoms with Gasteiger partial charge in [-0.25, -0.2) is 13.1 Å². The molecule has 0 aliphatic rings. The predicted molar refractivity (Wildman–Crippen MR) is 88.3 cm³/mol. The molecule has 0 radical (unpaired) electrons. The number of rotatable bonds is 4. The quantitative estimate of drug-likeness (QED) is 0.813. The van der Waals surface area contributed by atoms with Crippen molar-refractivity contribution in [1.82, 2.24) is 9.10 Å². The van der Waals surface area contributed by atoms with E-state index in [1.54, 1.807) is 12.1 Å². The first-order chi connectivity index (χ1) is 10.3. The second-order valence-corrected chi connectivity index (χ2v) is 8.22. The largest absolute Gasteiger partial charge is 0.326 e. The van der Waals surface area contributed by atoms with Crippen LogP contribution in [0.4, 0.5) is 0 Å². The van der Waals surface area contributed by atoms with E-state index < -0.39 is 15.9 Å². The Balaban J connectivity index is 2.32. The Morgan fingerprint density at radius 2 is 1.95 bits per heavy atom. The molecule has 6 nitrogen and oxygen atoms in total. The molecule has 2 aromatic rings. The van der Waals surface area contributed by atoms with Crippen LogP contribution in [-0.2, 0) is 16.6 Å². The lowest BCUT2D eigenvalue weighted by Crippen LogP contribution is -2.30. The van der Waals surface area contributed by atoms with Crippen molar-refractivity contribution in [3.8, 4) is 0 Å². The van der Waals surface area contributed by atoms with Crippen LogP contribution in [0, 0.1) is 13.8 Å². The van der Waals surface area contributed by atoms with Crippen LogP contribution in [0.15, 0.2) is 27.0 Å². The molecule has 0 spiro atoms. The number of amides is 1. The Labute approximate surface area is 141 Å². The standard InChI is InChI=1S/C13H14BrN3O3S2/c1-7-3-9(4-8(2)10(7)5-15)12(18)17-22(19,20)13-11(14)6-16-21-13/h3-4,6H,5,15H2,1-2H3,(H,17,18). The van der Waals surface area contributed by atoms with Gasteiger partial charge in [0.05, 0.1) is 10.7 Å². The molecular weight excluding hydrogens is 390 g/mol. The first kappa shape index (κ1) is 17.1. The number of aromatic nitrogens is 1. The Morgan fingerprint density at radius 3 is 2.41 bits per heavy atom. The van der Waals surface area contributed by atoms with Gasteiger partial charge in [0.1, 0.15) is 0 Å². The van der Waals surface area contributed by atoms with E-state index in [0.717, 1.165) is 28.2 Å². The number of carbonyl (C=O) groups excluding carboxylic acids is 1. The van der Waals surface area contributed by atoms with E-state index in [1.807, 2.05) is 13.8 Å². The van der Waals surface area contributed by atoms with Gasteiger partial charge in [-0.15, -0.1) is 0 Å². The van der Waals surface area contributed by atoms with Crippen LogP contribution in [0.25, 0.3) is 0 Å². The number of carbonyl (C=O) groups is 1. The van der Waals surface area contributed by atoms with Crippen molar-refractivity contribution in [3.05, 3.63) is 45.1 Å². The highest BCUT2D eigenvalue weighted by Gasteiger charge is 2.24. The van der Waals surface area contributed by atoms with Crippen LogP contribution in [0.1, 0.15) is 27.0 Å². The number of hydrogen-bond donors (Lipinski definition) is 2. The molecule has 1 heterocycles. The average molecular weight is 404 g/mol. The van der Waals surface area contributed by atoms with E-state index in [4.69, 9.17) is 5.73 Å². The number of hydrogen-bond acceptors (Lipinski definition) is 6. The lowest BCUT2D eigenvalue weighted by Gasteiger charge is -2.11. The van der Waals surface area contributed by atoms with Gasteiger partial charge in [0.25, 0.3) is 15.9 Å². The molecule has 0 saturated carbocycles. The molecular formula is C13H14BrN3O3S2. The molecule has 22 heavy (non-hydrogen) atoms. The van der Waals surface area contributed by atoms with Crippen molar-refractivity contribution in [2.45, 2.75) is 24.6 Å². The molecule has 0 aliphatic carbocycles. The number of nitrogens with zero attached hydrogens (tertiary/aromatic N) is 1. The zero-order valence-corrected chi connectivity index (χ0v) is 15.1. The summed E-state index contributed by atoms with van der Waals surface area (Å²) in [4.78, 5) is 12.2. The molecule has 1 aromatic carbocycles. The summed E-state index contributed by atoms with van der Waals surface area (Å²) < 4.78 is 30.5. The molecule has 2 rings (SSSR count). The van der Waals surface area contributed by atoms with E-state index in [-0.39, 0.29) is 9.77 Å². The topological polar surface area (TPSA) is 102 Å². The van der Waals surface area contributed by atoms with E-state index in [2.05, 4.69) is 25.0 Å². The minimum Gasteiger partial charge on any atom is -0.326 e. The number of benzene rings is 1. The summed E-state index contributed by atoms with van der Waals surface area (Å²) in [6.45, 7) is 4.03. The van der Waals surface area contributed by atoms with E-state index >= 15 is 0 Å². The van der Waals surface area contributed by atoms with Crippen LogP contribution < -0.4 is 10.5 Å². The maximum absolute atomic E-state index is 12.2. The molecule has 1 aromatic heterocycles. The van der Waals surface area contributed by atoms with Crippen LogP contribution >= 0.6 is 27.5 Å². The van der Waals surface area contributed by atoms with Crippen molar-refractivity contribution in [2.75, 3.05) is 0 Å². The van der Waals surface area contributed by atoms with Crippen molar-refractivity contribution >= 4 is 43.4 Å². The normalized spacial score (nSPS) is 11.5. The van der Waals surface area contributed by atoms with Crippen LogP contribution in [0.2, 0.25) is 0 Å². The van der Waals surface area contributed by atoms with Crippen molar-refractivity contribution < 1.29 is 13.2 Å². The third-order valence-corrected chi connectivity index (χ3v) is 6.90. The smallest absolute Gasteiger partial charge is 0.276 e. The molecule has 118 valence electrons. The van der Waals surface area contributed by atoms with Gasteiger partial charge in [0, 0.05) is 12.1 Å². The first-order valence-corrected chi connectivity index (χ1v) is 9.28. The molecule has 0 atom stereocenters. The second kappa shape index (κ2) is 6.45. The van der Waals surface area contributed by atoms with Crippen molar-refractivity contribution in [3.63, 3.8) is 0 Å². The third kappa shape index (κ3) is 3.37. The summed E-state index contributed by atoms with van der Waals surface area (Å²) in [6, 6.07) is 3.25. The Morgan fingerprint density at radius 1 is 1.36 bits per heavy atom. The van der Waals surface area contributed by atoms with Crippen molar-refractivity contribution in [1.29, 1.82) is 0 Å². The molecule has 0 fully saturated rings. The minimum absolute atomic E-state index is 0.0344. The summed E-state index contributed by atoms with van der Waals surface area (Å²) in [5.41, 5.74) is 8.58. The fraction of sp³-hybridized carbons (Fsp3) is 0.231. The van der Waals surface area contributed by atoms with Gasteiger partial charge in [-0.05, 0) is 70.1 Å². The van der Waals surface area contributed by atoms with Gasteiger partial charge in [0.2, 0.25) is 0 Å². The van der Waals surface area contributed by atoms with Gasteiger partial charge in [-0.2, -0.15) is 4.37 Å². The Hall–Kier alpha value is -1.29. The zero-order valence-electron chi connectivity index (χ0n) is 11.9. The highest BCUT2D eigenvalue weighted by atomic mass is 79.9. The van der Waals surface area contributed by atoms with Gasteiger partial charge in [0.15, 0.2) is 4.21 Å². The lowest BCUT2D eigenvalue weighted by molar-refractivity contribution is 0.0981. The molecule has 0 unspecified atom stereocenters. The number of sulfonamides is 1. The first-order valence-electron chi connectivity index (χ1n) is 6.23. The number of halogens is 1. The van der Waals surface area contributed by atoms with Crippen LogP contribution in [0.3, 0.4) is 0 Å². The SMILES string of the molecule is Cc1cc(C(=O)NS(=O)(=O)c2sncc2Br)cc(C)c1CN. The minimum atomic E-state index is -3.95. The van der Waals surface area contributed by atoms with Gasteiger partial charge >= 0.3 is 0 Å². The summed E-state index contributed by atoms with van der Waals surface area (Å²) in [6.07, 6.45) is 1.37. The summed E-state index contributed by atoms with van der Waals surface area (Å²) in [5, 5.41) is 0. The average Bonchev–Trinajstić information content (AvgIpc) is 2.85. The number of nitrogens with one attached hydrogen (secondary N) is 1. The highest BCUT2D eigenvalue weighted by Crippen LogP contribution is 2.25. The number of aryl methyl sites for hydroxylation is 2. The number of nitrogens with two attached hydrogens (primary N) is 1. The molecule has 0 aliphatic heterocycles. The van der Waals surface area contributed by atoms with E-state index in [9.17, 15) is 13.2 Å². The molecule has 1 amide bonds. The lowest BCUT2D eigenvalue weighted by atomic mass is 9.99. The molecule has 0 bridgehead atoms. The highest BCUT2D eigenvalue weighted by molar-refractivity contribution is 9.10. The predicted octanol–water partition coefficient (Wildman–Crippen LogP) is 2.10. The summed E-state index contributed by atoms with van der Waals surface area (Å²) >= 11 is 3.88. The fourth-order valence-electron chi connectivity index (χ4n) is 2.07. The van der Waals surface area contributed by atoms with Crippen LogP contribution in [-0.4, -0.2) is 18.7 Å². The second-order valence-electron chi connectivity index (χ2n) is 4.69. The Kier molecular flexibility index (Phi) is 5.00. The summed E-state index contributed by atoms with van der Waals surface area (Å²) in [7, 11) is -3.95. The Bertz CT molecular complexity index is 808. The van der Waals surface area contributed by atoms with Gasteiger partial charge in [-0.1, -0.05) is 0 Å². The monoisotopic (exact) mass is 403 g/mol. The van der Waals surface area contributed by atoms with E-state index in [1.165, 1.54) is 6.20 Å². The molecule has 0 saturated heterocycles.